The van der Waals surface area contributed by atoms with Crippen molar-refractivity contribution in [1.29, 1.82) is 0 Å². The maximum absolute atomic E-state index is 12.0. The van der Waals surface area contributed by atoms with Crippen LogP contribution in [0.2, 0.25) is 0 Å². The minimum Gasteiger partial charge on any atom is -0.496 e. The van der Waals surface area contributed by atoms with Crippen LogP contribution in [0.1, 0.15) is 38.3 Å². The molecule has 0 spiro atoms. The number of aryl methyl sites for hydroxylation is 1. The predicted octanol–water partition coefficient (Wildman–Crippen LogP) is 2.98. The first-order valence-corrected chi connectivity index (χ1v) is 10.9. The summed E-state index contributed by atoms with van der Waals surface area (Å²) in [5, 5.41) is 10.8. The second-order valence-corrected chi connectivity index (χ2v) is 8.83. The third-order valence-electron chi connectivity index (χ3n) is 6.48. The van der Waals surface area contributed by atoms with Crippen LogP contribution in [0, 0.1) is 5.92 Å². The monoisotopic (exact) mass is 411 g/mol. The number of benzene rings is 1. The fourth-order valence-electron chi connectivity index (χ4n) is 5.03. The van der Waals surface area contributed by atoms with Gasteiger partial charge in [-0.2, -0.15) is 5.10 Å². The zero-order chi connectivity index (χ0) is 21.3. The van der Waals surface area contributed by atoms with Crippen LogP contribution in [0.15, 0.2) is 30.3 Å². The Balaban J connectivity index is 1.46. The van der Waals surface area contributed by atoms with E-state index >= 15 is 0 Å². The maximum atomic E-state index is 12.0. The lowest BCUT2D eigenvalue weighted by Gasteiger charge is -2.49. The molecule has 1 aromatic heterocycles. The number of nitrogens with zero attached hydrogens (tertiary/aromatic N) is 3. The summed E-state index contributed by atoms with van der Waals surface area (Å²) in [4.78, 5) is 14.5. The second-order valence-electron chi connectivity index (χ2n) is 8.83. The van der Waals surface area contributed by atoms with Gasteiger partial charge in [-0.25, -0.2) is 4.79 Å². The number of nitrogens with one attached hydrogen (secondary N) is 2. The van der Waals surface area contributed by atoms with E-state index in [1.807, 2.05) is 43.8 Å². The Morgan fingerprint density at radius 2 is 2.13 bits per heavy atom. The Bertz CT molecular complexity index is 893. The molecule has 3 saturated heterocycles. The Hall–Kier alpha value is -2.54. The summed E-state index contributed by atoms with van der Waals surface area (Å²) in [6, 6.07) is 10.8. The fraction of sp³-hybridized carbons (Fsp3) is 0.565. The van der Waals surface area contributed by atoms with Crippen molar-refractivity contribution in [1.82, 2.24) is 25.3 Å². The number of para-hydroxylation sites is 1. The first-order chi connectivity index (χ1) is 14.5. The molecule has 1 aromatic carbocycles. The Kier molecular flexibility index (Phi) is 5.99. The molecule has 7 nitrogen and oxygen atoms in total. The third kappa shape index (κ3) is 4.17. The molecular weight excluding hydrogens is 378 g/mol. The van der Waals surface area contributed by atoms with Crippen molar-refractivity contribution >= 4 is 6.03 Å². The summed E-state index contributed by atoms with van der Waals surface area (Å²) in [5.41, 5.74) is 3.28. The van der Waals surface area contributed by atoms with Crippen LogP contribution in [0.25, 0.3) is 11.3 Å². The van der Waals surface area contributed by atoms with Crippen molar-refractivity contribution in [3.05, 3.63) is 36.0 Å². The van der Waals surface area contributed by atoms with Gasteiger partial charge in [0.2, 0.25) is 0 Å². The fourth-order valence-corrected chi connectivity index (χ4v) is 5.03. The number of ether oxygens (including phenoxy) is 1. The third-order valence-corrected chi connectivity index (χ3v) is 6.48. The average molecular weight is 412 g/mol. The summed E-state index contributed by atoms with van der Waals surface area (Å²) < 4.78 is 7.57. The lowest BCUT2D eigenvalue weighted by Crippen LogP contribution is -2.57. The zero-order valence-electron chi connectivity index (χ0n) is 18.4. The first-order valence-electron chi connectivity index (χ1n) is 10.9. The highest BCUT2D eigenvalue weighted by atomic mass is 16.5. The van der Waals surface area contributed by atoms with E-state index in [4.69, 9.17) is 9.84 Å². The molecule has 3 fully saturated rings. The van der Waals surface area contributed by atoms with Gasteiger partial charge in [-0.3, -0.25) is 9.58 Å². The van der Waals surface area contributed by atoms with Crippen molar-refractivity contribution in [2.24, 2.45) is 13.0 Å². The Morgan fingerprint density at radius 3 is 2.83 bits per heavy atom. The van der Waals surface area contributed by atoms with Gasteiger partial charge >= 0.3 is 6.03 Å². The highest BCUT2D eigenvalue weighted by Crippen LogP contribution is 2.42. The van der Waals surface area contributed by atoms with Crippen LogP contribution in [-0.4, -0.2) is 59.5 Å². The van der Waals surface area contributed by atoms with E-state index in [1.165, 1.54) is 12.1 Å². The van der Waals surface area contributed by atoms with Gasteiger partial charge in [0.15, 0.2) is 0 Å². The summed E-state index contributed by atoms with van der Waals surface area (Å²) >= 11 is 0. The first kappa shape index (κ1) is 20.7. The van der Waals surface area contributed by atoms with E-state index in [2.05, 4.69) is 27.7 Å². The molecule has 2 bridgehead atoms. The van der Waals surface area contributed by atoms with Crippen LogP contribution in [0.5, 0.6) is 5.75 Å². The number of urea groups is 1. The normalized spacial score (nSPS) is 25.4. The molecule has 2 aromatic rings. The number of piperidine rings is 3. The van der Waals surface area contributed by atoms with Gasteiger partial charge in [0.25, 0.3) is 0 Å². The van der Waals surface area contributed by atoms with E-state index < -0.39 is 0 Å². The molecule has 4 atom stereocenters. The van der Waals surface area contributed by atoms with Crippen LogP contribution in [0.4, 0.5) is 4.79 Å². The molecule has 2 amide bonds. The van der Waals surface area contributed by atoms with Gasteiger partial charge in [-0.15, -0.1) is 0 Å². The van der Waals surface area contributed by atoms with Crippen LogP contribution in [0.3, 0.4) is 0 Å². The van der Waals surface area contributed by atoms with E-state index in [0.29, 0.717) is 24.4 Å². The van der Waals surface area contributed by atoms with Gasteiger partial charge < -0.3 is 15.4 Å². The smallest absolute Gasteiger partial charge is 0.315 e. The van der Waals surface area contributed by atoms with E-state index in [-0.39, 0.29) is 12.1 Å². The lowest BCUT2D eigenvalue weighted by molar-refractivity contribution is 0.0294. The van der Waals surface area contributed by atoms with Crippen molar-refractivity contribution < 1.29 is 9.53 Å². The van der Waals surface area contributed by atoms with Gasteiger partial charge in [-0.1, -0.05) is 12.1 Å². The van der Waals surface area contributed by atoms with Gasteiger partial charge in [0.05, 0.1) is 12.8 Å². The highest BCUT2D eigenvalue weighted by molar-refractivity contribution is 5.74. The number of hydrogen-bond acceptors (Lipinski definition) is 4. The second kappa shape index (κ2) is 8.68. The summed E-state index contributed by atoms with van der Waals surface area (Å²) in [5.74, 6) is 1.94. The van der Waals surface area contributed by atoms with Crippen molar-refractivity contribution in [2.45, 2.75) is 44.7 Å². The number of carbonyl (C=O) groups excluding carboxylic acids is 1. The molecule has 2 N–H and O–H groups in total. The number of rotatable bonds is 6. The molecule has 0 saturated carbocycles. The molecule has 162 valence electrons. The summed E-state index contributed by atoms with van der Waals surface area (Å²) in [6.45, 7) is 6.79. The van der Waals surface area contributed by atoms with Crippen LogP contribution >= 0.6 is 0 Å². The summed E-state index contributed by atoms with van der Waals surface area (Å²) in [6.07, 6.45) is 2.32. The minimum atomic E-state index is -0.0720. The number of carbonyl (C=O) groups is 1. The number of aromatic nitrogens is 2. The number of methoxy groups -OCH3 is 1. The zero-order valence-corrected chi connectivity index (χ0v) is 18.4. The Labute approximate surface area is 178 Å². The van der Waals surface area contributed by atoms with Crippen molar-refractivity contribution in [3.8, 4) is 17.0 Å². The van der Waals surface area contributed by atoms with E-state index in [0.717, 1.165) is 36.5 Å². The molecule has 4 heterocycles. The molecule has 3 aliphatic heterocycles. The van der Waals surface area contributed by atoms with Crippen molar-refractivity contribution in [3.63, 3.8) is 0 Å². The standard InChI is InChI=1S/C23H33N5O2/c1-15(2)25-23(29)24-13-17-11-16-9-10-28(17)14-19(16)21-12-20(26-27(21)3)18-7-5-6-8-22(18)30-4/h5-8,12,15-17,19H,9-11,13-14H2,1-4H3,(H2,24,25,29)/t16-,17-,19+/m1/s1. The van der Waals surface area contributed by atoms with Gasteiger partial charge in [-0.05, 0) is 57.4 Å². The SMILES string of the molecule is COc1ccccc1-c1cc([C@H]2CN3CC[C@@H]2C[C@@H]3CNC(=O)NC(C)C)n(C)n1. The van der Waals surface area contributed by atoms with Crippen LogP contribution < -0.4 is 15.4 Å². The molecular formula is C23H33N5O2. The molecule has 5 rings (SSSR count). The Morgan fingerprint density at radius 1 is 1.33 bits per heavy atom. The topological polar surface area (TPSA) is 71.4 Å². The minimum absolute atomic E-state index is 0.0720. The molecule has 0 aliphatic carbocycles. The highest BCUT2D eigenvalue weighted by Gasteiger charge is 2.41. The number of hydrogen-bond donors (Lipinski definition) is 2. The van der Waals surface area contributed by atoms with Gasteiger partial charge in [0, 0.05) is 49.4 Å². The molecule has 0 radical (unpaired) electrons. The largest absolute Gasteiger partial charge is 0.496 e. The van der Waals surface area contributed by atoms with Gasteiger partial charge in [0.1, 0.15) is 5.75 Å². The lowest BCUT2D eigenvalue weighted by atomic mass is 9.74. The maximum Gasteiger partial charge on any atom is 0.315 e. The molecule has 30 heavy (non-hydrogen) atoms. The van der Waals surface area contributed by atoms with E-state index in [9.17, 15) is 4.79 Å². The van der Waals surface area contributed by atoms with Crippen LogP contribution in [-0.2, 0) is 7.05 Å². The molecule has 7 heteroatoms. The van der Waals surface area contributed by atoms with E-state index in [1.54, 1.807) is 7.11 Å². The molecule has 1 unspecified atom stereocenters. The quantitative estimate of drug-likeness (QED) is 0.767. The number of amides is 2. The van der Waals surface area contributed by atoms with Crippen molar-refractivity contribution in [2.75, 3.05) is 26.7 Å². The predicted molar refractivity (Wildman–Crippen MR) is 118 cm³/mol. The average Bonchev–Trinajstić information content (AvgIpc) is 3.13. The molecule has 3 aliphatic rings. The number of fused-ring (bicyclic) bond motifs is 3. The summed E-state index contributed by atoms with van der Waals surface area (Å²) in [7, 11) is 3.74.